The van der Waals surface area contributed by atoms with Crippen LogP contribution in [0.1, 0.15) is 50.3 Å². The molecule has 0 bridgehead atoms. The molecule has 0 atom stereocenters. The minimum atomic E-state index is -1.23. The van der Waals surface area contributed by atoms with E-state index in [1.54, 1.807) is 0 Å². The van der Waals surface area contributed by atoms with Gasteiger partial charge in [0.25, 0.3) is 5.79 Å². The molecule has 5 nitrogen and oxygen atoms in total. The predicted octanol–water partition coefficient (Wildman–Crippen LogP) is 3.70. The third kappa shape index (κ3) is 4.16. The fourth-order valence-corrected chi connectivity index (χ4v) is 2.56. The maximum Gasteiger partial charge on any atom is 0.348 e. The van der Waals surface area contributed by atoms with Crippen LogP contribution in [0.25, 0.3) is 6.08 Å². The van der Waals surface area contributed by atoms with E-state index in [2.05, 4.69) is 6.92 Å². The molecule has 1 aromatic rings. The van der Waals surface area contributed by atoms with Gasteiger partial charge in [-0.3, -0.25) is 0 Å². The largest absolute Gasteiger partial charge is 0.493 e. The lowest BCUT2D eigenvalue weighted by Crippen LogP contribution is -2.41. The van der Waals surface area contributed by atoms with Crippen LogP contribution < -0.4 is 4.74 Å². The number of carbonyl (C=O) groups excluding carboxylic acids is 2. The van der Waals surface area contributed by atoms with Crippen molar-refractivity contribution in [1.29, 1.82) is 0 Å². The molecule has 130 valence electrons. The van der Waals surface area contributed by atoms with Crippen LogP contribution in [0.4, 0.5) is 0 Å². The van der Waals surface area contributed by atoms with E-state index >= 15 is 0 Å². The molecule has 0 unspecified atom stereocenters. The molecule has 0 saturated carbocycles. The molecule has 0 radical (unpaired) electrons. The zero-order valence-electron chi connectivity index (χ0n) is 14.9. The van der Waals surface area contributed by atoms with Gasteiger partial charge in [-0.25, -0.2) is 9.59 Å². The fraction of sp³-hybridized carbons (Fsp3) is 0.474. The van der Waals surface area contributed by atoms with E-state index in [1.165, 1.54) is 19.9 Å². The topological polar surface area (TPSA) is 61.8 Å². The summed E-state index contributed by atoms with van der Waals surface area (Å²) in [5.41, 5.74) is 2.54. The van der Waals surface area contributed by atoms with Crippen molar-refractivity contribution in [2.24, 2.45) is 0 Å². The third-order valence-electron chi connectivity index (χ3n) is 3.65. The summed E-state index contributed by atoms with van der Waals surface area (Å²) in [5, 5.41) is 0. The standard InChI is InChI=1S/C19H24O5/c1-6-7-8-22-16-12(2)9-14(10-13(16)3)11-15-17(20)23-19(4,5)24-18(15)21/h9-11H,6-8H2,1-5H3. The summed E-state index contributed by atoms with van der Waals surface area (Å²) in [4.78, 5) is 24.0. The molecule has 1 aliphatic heterocycles. The summed E-state index contributed by atoms with van der Waals surface area (Å²) in [6, 6.07) is 3.75. The van der Waals surface area contributed by atoms with Gasteiger partial charge in [-0.15, -0.1) is 0 Å². The highest BCUT2D eigenvalue weighted by molar-refractivity contribution is 6.18. The highest BCUT2D eigenvalue weighted by Crippen LogP contribution is 2.28. The van der Waals surface area contributed by atoms with Crippen LogP contribution >= 0.6 is 0 Å². The van der Waals surface area contributed by atoms with Gasteiger partial charge in [0.15, 0.2) is 0 Å². The first kappa shape index (κ1) is 18.0. The quantitative estimate of drug-likeness (QED) is 0.356. The third-order valence-corrected chi connectivity index (χ3v) is 3.65. The molecule has 5 heteroatoms. The number of unbranched alkanes of at least 4 members (excludes halogenated alkanes) is 1. The number of rotatable bonds is 5. The monoisotopic (exact) mass is 332 g/mol. The van der Waals surface area contributed by atoms with Crippen molar-refractivity contribution in [2.75, 3.05) is 6.61 Å². The predicted molar refractivity (Wildman–Crippen MR) is 90.6 cm³/mol. The van der Waals surface area contributed by atoms with Gasteiger partial charge in [-0.05, 0) is 55.2 Å². The Kier molecular flexibility index (Phi) is 5.32. The van der Waals surface area contributed by atoms with Gasteiger partial charge in [0.05, 0.1) is 6.61 Å². The number of hydrogen-bond donors (Lipinski definition) is 0. The van der Waals surface area contributed by atoms with Crippen molar-refractivity contribution in [3.05, 3.63) is 34.4 Å². The normalized spacial score (nSPS) is 16.5. The van der Waals surface area contributed by atoms with E-state index in [-0.39, 0.29) is 5.57 Å². The van der Waals surface area contributed by atoms with E-state index in [0.29, 0.717) is 6.61 Å². The smallest absolute Gasteiger partial charge is 0.348 e. The fourth-order valence-electron chi connectivity index (χ4n) is 2.56. The zero-order chi connectivity index (χ0) is 17.9. The highest BCUT2D eigenvalue weighted by Gasteiger charge is 2.38. The second-order valence-electron chi connectivity index (χ2n) is 6.42. The van der Waals surface area contributed by atoms with Crippen LogP contribution in [0.2, 0.25) is 0 Å². The molecule has 1 heterocycles. The van der Waals surface area contributed by atoms with Crippen LogP contribution in [0.3, 0.4) is 0 Å². The molecule has 0 spiro atoms. The Bertz CT molecular complexity index is 640. The minimum Gasteiger partial charge on any atom is -0.493 e. The van der Waals surface area contributed by atoms with Gasteiger partial charge in [0.2, 0.25) is 0 Å². The summed E-state index contributed by atoms with van der Waals surface area (Å²) in [5.74, 6) is -1.72. The Labute approximate surface area is 142 Å². The van der Waals surface area contributed by atoms with Crippen LogP contribution in [-0.4, -0.2) is 24.3 Å². The molecule has 0 amide bonds. The molecule has 1 fully saturated rings. The van der Waals surface area contributed by atoms with E-state index in [0.717, 1.165) is 35.3 Å². The number of benzene rings is 1. The average Bonchev–Trinajstić information content (AvgIpc) is 2.45. The molecule has 0 aromatic heterocycles. The van der Waals surface area contributed by atoms with Gasteiger partial charge in [-0.1, -0.05) is 13.3 Å². The van der Waals surface area contributed by atoms with E-state index in [4.69, 9.17) is 14.2 Å². The summed E-state index contributed by atoms with van der Waals surface area (Å²) in [6.45, 7) is 9.72. The van der Waals surface area contributed by atoms with Gasteiger partial charge in [0, 0.05) is 13.8 Å². The highest BCUT2D eigenvalue weighted by atomic mass is 16.7. The van der Waals surface area contributed by atoms with Crippen LogP contribution in [0.15, 0.2) is 17.7 Å². The van der Waals surface area contributed by atoms with Crippen molar-refractivity contribution in [3.8, 4) is 5.75 Å². The summed E-state index contributed by atoms with van der Waals surface area (Å²) >= 11 is 0. The average molecular weight is 332 g/mol. The van der Waals surface area contributed by atoms with Crippen LogP contribution in [0.5, 0.6) is 5.75 Å². The minimum absolute atomic E-state index is 0.104. The van der Waals surface area contributed by atoms with Gasteiger partial charge in [-0.2, -0.15) is 0 Å². The maximum absolute atomic E-state index is 12.0. The van der Waals surface area contributed by atoms with E-state index in [1.807, 2.05) is 26.0 Å². The summed E-state index contributed by atoms with van der Waals surface area (Å²) in [6.07, 6.45) is 3.57. The summed E-state index contributed by atoms with van der Waals surface area (Å²) in [7, 11) is 0. The number of esters is 2. The molecular formula is C19H24O5. The Morgan fingerprint density at radius 1 is 1.08 bits per heavy atom. The summed E-state index contributed by atoms with van der Waals surface area (Å²) < 4.78 is 16.0. The number of hydrogen-bond acceptors (Lipinski definition) is 5. The molecule has 2 rings (SSSR count). The SMILES string of the molecule is CCCCOc1c(C)cc(C=C2C(=O)OC(C)(C)OC2=O)cc1C. The van der Waals surface area contributed by atoms with Crippen molar-refractivity contribution in [1.82, 2.24) is 0 Å². The first-order chi connectivity index (χ1) is 11.2. The molecule has 24 heavy (non-hydrogen) atoms. The number of cyclic esters (lactones) is 2. The van der Waals surface area contributed by atoms with Gasteiger partial charge in [0.1, 0.15) is 11.3 Å². The molecule has 0 N–H and O–H groups in total. The molecule has 1 aromatic carbocycles. The van der Waals surface area contributed by atoms with Gasteiger partial charge < -0.3 is 14.2 Å². The molecular weight excluding hydrogens is 308 g/mol. The number of aryl methyl sites for hydroxylation is 2. The maximum atomic E-state index is 12.0. The zero-order valence-corrected chi connectivity index (χ0v) is 14.9. The lowest BCUT2D eigenvalue weighted by atomic mass is 10.0. The molecule has 1 saturated heterocycles. The van der Waals surface area contributed by atoms with Crippen molar-refractivity contribution in [3.63, 3.8) is 0 Å². The Morgan fingerprint density at radius 3 is 2.12 bits per heavy atom. The van der Waals surface area contributed by atoms with Crippen molar-refractivity contribution < 1.29 is 23.8 Å². The Hall–Kier alpha value is -2.30. The number of carbonyl (C=O) groups is 2. The van der Waals surface area contributed by atoms with E-state index < -0.39 is 17.7 Å². The molecule has 0 aliphatic carbocycles. The van der Waals surface area contributed by atoms with Crippen LogP contribution in [-0.2, 0) is 19.1 Å². The first-order valence-electron chi connectivity index (χ1n) is 8.16. The Morgan fingerprint density at radius 2 is 1.62 bits per heavy atom. The van der Waals surface area contributed by atoms with Crippen molar-refractivity contribution >= 4 is 18.0 Å². The van der Waals surface area contributed by atoms with Crippen molar-refractivity contribution in [2.45, 2.75) is 53.2 Å². The van der Waals surface area contributed by atoms with E-state index in [9.17, 15) is 9.59 Å². The van der Waals surface area contributed by atoms with Crippen LogP contribution in [0, 0.1) is 13.8 Å². The number of ether oxygens (including phenoxy) is 3. The lowest BCUT2D eigenvalue weighted by Gasteiger charge is -2.29. The Balaban J connectivity index is 2.27. The van der Waals surface area contributed by atoms with Gasteiger partial charge >= 0.3 is 11.9 Å². The lowest BCUT2D eigenvalue weighted by molar-refractivity contribution is -0.222. The second-order valence-corrected chi connectivity index (χ2v) is 6.42. The molecule has 1 aliphatic rings. The second kappa shape index (κ2) is 7.07. The first-order valence-corrected chi connectivity index (χ1v) is 8.16.